The number of rotatable bonds is 7. The second-order valence-corrected chi connectivity index (χ2v) is 6.22. The van der Waals surface area contributed by atoms with E-state index in [0.29, 0.717) is 11.5 Å². The molecule has 0 radical (unpaired) electrons. The van der Waals surface area contributed by atoms with E-state index in [0.717, 1.165) is 13.0 Å². The van der Waals surface area contributed by atoms with E-state index in [4.69, 9.17) is 4.42 Å². The molecule has 1 fully saturated rings. The van der Waals surface area contributed by atoms with Crippen LogP contribution >= 0.6 is 0 Å². The molecule has 1 saturated carbocycles. The first kappa shape index (κ1) is 14.4. The molecular formula is C19H25NO. The highest BCUT2D eigenvalue weighted by molar-refractivity contribution is 5.31. The predicted molar refractivity (Wildman–Crippen MR) is 86.5 cm³/mol. The molecule has 2 aromatic rings. The van der Waals surface area contributed by atoms with Crippen LogP contribution in [0.5, 0.6) is 0 Å². The maximum atomic E-state index is 5.26. The van der Waals surface area contributed by atoms with Gasteiger partial charge in [-0.25, -0.2) is 0 Å². The molecule has 0 spiro atoms. The highest BCUT2D eigenvalue weighted by atomic mass is 16.3. The lowest BCUT2D eigenvalue weighted by Crippen LogP contribution is -2.54. The first-order chi connectivity index (χ1) is 10.3. The van der Waals surface area contributed by atoms with Gasteiger partial charge in [0.2, 0.25) is 0 Å². The number of furan rings is 1. The Morgan fingerprint density at radius 2 is 2.00 bits per heavy atom. The van der Waals surface area contributed by atoms with Crippen molar-refractivity contribution in [3.8, 4) is 0 Å². The minimum atomic E-state index is 0.299. The second kappa shape index (κ2) is 6.48. The van der Waals surface area contributed by atoms with Gasteiger partial charge in [0.25, 0.3) is 0 Å². The lowest BCUT2D eigenvalue weighted by Gasteiger charge is -2.49. The van der Waals surface area contributed by atoms with Crippen LogP contribution in [-0.2, 0) is 11.8 Å². The van der Waals surface area contributed by atoms with Crippen LogP contribution < -0.4 is 5.32 Å². The van der Waals surface area contributed by atoms with Gasteiger partial charge in [-0.3, -0.25) is 0 Å². The first-order valence-corrected chi connectivity index (χ1v) is 8.15. The largest absolute Gasteiger partial charge is 0.472 e. The number of hydrogen-bond acceptors (Lipinski definition) is 2. The van der Waals surface area contributed by atoms with E-state index in [1.54, 1.807) is 6.26 Å². The van der Waals surface area contributed by atoms with Gasteiger partial charge >= 0.3 is 0 Å². The standard InChI is InChI=1S/C19H25NO/c1-2-12-20-18(14-16-9-13-21-15-16)19(10-6-11-19)17-7-4-3-5-8-17/h3-5,7-9,13,15,18,20H,2,6,10-12,14H2,1H3. The fraction of sp³-hybridized carbons (Fsp3) is 0.474. The Morgan fingerprint density at radius 3 is 2.57 bits per heavy atom. The van der Waals surface area contributed by atoms with Crippen LogP contribution in [0.1, 0.15) is 43.7 Å². The average Bonchev–Trinajstić information content (AvgIpc) is 2.97. The van der Waals surface area contributed by atoms with Crippen molar-refractivity contribution in [2.75, 3.05) is 6.54 Å². The third kappa shape index (κ3) is 2.91. The third-order valence-corrected chi connectivity index (χ3v) is 4.92. The lowest BCUT2D eigenvalue weighted by molar-refractivity contribution is 0.167. The Balaban J connectivity index is 1.86. The Hall–Kier alpha value is -1.54. The first-order valence-electron chi connectivity index (χ1n) is 8.15. The van der Waals surface area contributed by atoms with Crippen LogP contribution in [0.2, 0.25) is 0 Å². The highest BCUT2D eigenvalue weighted by Crippen LogP contribution is 2.47. The molecule has 0 amide bonds. The van der Waals surface area contributed by atoms with Gasteiger partial charge < -0.3 is 9.73 Å². The van der Waals surface area contributed by atoms with E-state index in [9.17, 15) is 0 Å². The molecule has 0 bridgehead atoms. The van der Waals surface area contributed by atoms with Crippen LogP contribution in [0.3, 0.4) is 0 Å². The van der Waals surface area contributed by atoms with Crippen LogP contribution in [0.15, 0.2) is 53.3 Å². The van der Waals surface area contributed by atoms with Gasteiger partial charge in [0.15, 0.2) is 0 Å². The molecule has 1 N–H and O–H groups in total. The molecular weight excluding hydrogens is 258 g/mol. The predicted octanol–water partition coefficient (Wildman–Crippen LogP) is 4.31. The highest BCUT2D eigenvalue weighted by Gasteiger charge is 2.44. The Morgan fingerprint density at radius 1 is 1.19 bits per heavy atom. The summed E-state index contributed by atoms with van der Waals surface area (Å²) in [6, 6.07) is 13.6. The number of hydrogen-bond donors (Lipinski definition) is 1. The fourth-order valence-corrected chi connectivity index (χ4v) is 3.59. The minimum absolute atomic E-state index is 0.299. The molecule has 0 aliphatic heterocycles. The van der Waals surface area contributed by atoms with E-state index >= 15 is 0 Å². The van der Waals surface area contributed by atoms with E-state index in [1.807, 2.05) is 6.26 Å². The van der Waals surface area contributed by atoms with Gasteiger partial charge in [-0.2, -0.15) is 0 Å². The van der Waals surface area contributed by atoms with Crippen LogP contribution in [0.4, 0.5) is 0 Å². The van der Waals surface area contributed by atoms with Crippen molar-refractivity contribution < 1.29 is 4.42 Å². The third-order valence-electron chi connectivity index (χ3n) is 4.92. The summed E-state index contributed by atoms with van der Waals surface area (Å²) in [4.78, 5) is 0. The van der Waals surface area contributed by atoms with Crippen molar-refractivity contribution in [3.63, 3.8) is 0 Å². The molecule has 112 valence electrons. The maximum Gasteiger partial charge on any atom is 0.0935 e. The summed E-state index contributed by atoms with van der Waals surface area (Å²) in [7, 11) is 0. The monoisotopic (exact) mass is 283 g/mol. The van der Waals surface area contributed by atoms with Gasteiger partial charge in [-0.05, 0) is 49.4 Å². The molecule has 3 rings (SSSR count). The molecule has 1 heterocycles. The smallest absolute Gasteiger partial charge is 0.0935 e. The zero-order chi connectivity index (χ0) is 14.5. The number of nitrogens with one attached hydrogen (secondary N) is 1. The molecule has 1 aromatic heterocycles. The summed E-state index contributed by atoms with van der Waals surface area (Å²) < 4.78 is 5.26. The van der Waals surface area contributed by atoms with E-state index in [1.165, 1.54) is 36.8 Å². The van der Waals surface area contributed by atoms with Crippen LogP contribution in [0, 0.1) is 0 Å². The second-order valence-electron chi connectivity index (χ2n) is 6.22. The fourth-order valence-electron chi connectivity index (χ4n) is 3.59. The molecule has 1 atom stereocenters. The Labute approximate surface area is 127 Å². The molecule has 2 nitrogen and oxygen atoms in total. The maximum absolute atomic E-state index is 5.26. The number of benzene rings is 1. The summed E-state index contributed by atoms with van der Waals surface area (Å²) in [5.41, 5.74) is 3.09. The molecule has 1 unspecified atom stereocenters. The van der Waals surface area contributed by atoms with Crippen molar-refractivity contribution in [1.29, 1.82) is 0 Å². The molecule has 1 aliphatic carbocycles. The molecule has 1 aromatic carbocycles. The lowest BCUT2D eigenvalue weighted by atomic mass is 9.59. The normalized spacial score (nSPS) is 18.1. The topological polar surface area (TPSA) is 25.2 Å². The summed E-state index contributed by atoms with van der Waals surface area (Å²) in [5.74, 6) is 0. The SMILES string of the molecule is CCCNC(Cc1ccoc1)C1(c2ccccc2)CCC1. The van der Waals surface area contributed by atoms with Crippen molar-refractivity contribution in [2.45, 2.75) is 50.5 Å². The van der Waals surface area contributed by atoms with Crippen molar-refractivity contribution >= 4 is 0 Å². The molecule has 1 aliphatic rings. The van der Waals surface area contributed by atoms with Crippen molar-refractivity contribution in [3.05, 3.63) is 60.1 Å². The quantitative estimate of drug-likeness (QED) is 0.819. The van der Waals surface area contributed by atoms with Crippen LogP contribution in [0.25, 0.3) is 0 Å². The summed E-state index contributed by atoms with van der Waals surface area (Å²) in [5, 5.41) is 3.81. The van der Waals surface area contributed by atoms with Gasteiger partial charge in [-0.1, -0.05) is 43.7 Å². The average molecular weight is 283 g/mol. The van der Waals surface area contributed by atoms with E-state index < -0.39 is 0 Å². The Kier molecular flexibility index (Phi) is 4.45. The van der Waals surface area contributed by atoms with Gasteiger partial charge in [0.05, 0.1) is 12.5 Å². The molecule has 21 heavy (non-hydrogen) atoms. The van der Waals surface area contributed by atoms with Crippen molar-refractivity contribution in [2.24, 2.45) is 0 Å². The van der Waals surface area contributed by atoms with Crippen LogP contribution in [-0.4, -0.2) is 12.6 Å². The van der Waals surface area contributed by atoms with Gasteiger partial charge in [0.1, 0.15) is 0 Å². The van der Waals surface area contributed by atoms with E-state index in [2.05, 4.69) is 48.6 Å². The summed E-state index contributed by atoms with van der Waals surface area (Å²) in [6.07, 6.45) is 9.80. The molecule has 0 saturated heterocycles. The summed E-state index contributed by atoms with van der Waals surface area (Å²) in [6.45, 7) is 3.31. The summed E-state index contributed by atoms with van der Waals surface area (Å²) >= 11 is 0. The van der Waals surface area contributed by atoms with Gasteiger partial charge in [-0.15, -0.1) is 0 Å². The van der Waals surface area contributed by atoms with E-state index in [-0.39, 0.29) is 0 Å². The Bertz CT molecular complexity index is 528. The zero-order valence-corrected chi connectivity index (χ0v) is 12.8. The minimum Gasteiger partial charge on any atom is -0.472 e. The van der Waals surface area contributed by atoms with Crippen molar-refractivity contribution in [1.82, 2.24) is 5.32 Å². The molecule has 2 heteroatoms. The zero-order valence-electron chi connectivity index (χ0n) is 12.8. The van der Waals surface area contributed by atoms with Gasteiger partial charge in [0, 0.05) is 11.5 Å².